The van der Waals surface area contributed by atoms with Crippen LogP contribution in [0.4, 0.5) is 17.6 Å². The van der Waals surface area contributed by atoms with E-state index in [1.807, 2.05) is 24.3 Å². The van der Waals surface area contributed by atoms with Gasteiger partial charge in [-0.05, 0) is 22.8 Å². The maximum absolute atomic E-state index is 13.3. The molecule has 0 spiro atoms. The van der Waals surface area contributed by atoms with Crippen LogP contribution in [0.5, 0.6) is 0 Å². The number of halogens is 4. The average molecular weight is 366 g/mol. The van der Waals surface area contributed by atoms with Crippen molar-refractivity contribution in [2.45, 2.75) is 17.6 Å². The minimum Gasteiger partial charge on any atom is -0.375 e. The predicted octanol–water partition coefficient (Wildman–Crippen LogP) is 3.51. The topological polar surface area (TPSA) is 63.6 Å². The van der Waals surface area contributed by atoms with Gasteiger partial charge < -0.3 is 4.74 Å². The van der Waals surface area contributed by atoms with Crippen molar-refractivity contribution in [2.75, 3.05) is 13.2 Å². The molecule has 132 valence electrons. The smallest absolute Gasteiger partial charge is 0.375 e. The minimum atomic E-state index is -6.24. The van der Waals surface area contributed by atoms with Crippen LogP contribution >= 0.6 is 0 Å². The number of alkyl halides is 4. The van der Waals surface area contributed by atoms with E-state index in [-0.39, 0.29) is 13.0 Å². The van der Waals surface area contributed by atoms with Crippen molar-refractivity contribution in [3.63, 3.8) is 0 Å². The van der Waals surface area contributed by atoms with Crippen LogP contribution in [0.25, 0.3) is 10.8 Å². The first-order valence-corrected chi connectivity index (χ1v) is 8.27. The molecule has 0 aliphatic rings. The van der Waals surface area contributed by atoms with Gasteiger partial charge in [0.05, 0.1) is 6.61 Å². The molecular weight excluding hydrogens is 352 g/mol. The molecule has 24 heavy (non-hydrogen) atoms. The van der Waals surface area contributed by atoms with Crippen molar-refractivity contribution in [1.82, 2.24) is 0 Å². The second kappa shape index (κ2) is 6.66. The highest BCUT2D eigenvalue weighted by molar-refractivity contribution is 7.87. The van der Waals surface area contributed by atoms with Gasteiger partial charge in [0.2, 0.25) is 0 Å². The van der Waals surface area contributed by atoms with E-state index >= 15 is 0 Å². The van der Waals surface area contributed by atoms with E-state index in [0.29, 0.717) is 0 Å². The third-order valence-electron chi connectivity index (χ3n) is 3.43. The van der Waals surface area contributed by atoms with E-state index in [9.17, 15) is 26.0 Å². The summed E-state index contributed by atoms with van der Waals surface area (Å²) in [6, 6.07) is 12.7. The molecule has 2 rings (SSSR count). The molecule has 9 heteroatoms. The molecule has 4 nitrogen and oxygen atoms in total. The fourth-order valence-electron chi connectivity index (χ4n) is 2.17. The Hall–Kier alpha value is -1.71. The van der Waals surface area contributed by atoms with Gasteiger partial charge in [-0.2, -0.15) is 26.0 Å². The van der Waals surface area contributed by atoms with Gasteiger partial charge in [0.15, 0.2) is 0 Å². The fourth-order valence-corrected chi connectivity index (χ4v) is 2.60. The molecule has 0 aliphatic heterocycles. The van der Waals surface area contributed by atoms with Crippen LogP contribution < -0.4 is 0 Å². The van der Waals surface area contributed by atoms with Gasteiger partial charge >= 0.3 is 21.3 Å². The third-order valence-corrected chi connectivity index (χ3v) is 4.38. The Kier molecular flexibility index (Phi) is 5.17. The summed E-state index contributed by atoms with van der Waals surface area (Å²) in [4.78, 5) is 0. The molecular formula is C15H14F4O4S. The first kappa shape index (κ1) is 18.6. The van der Waals surface area contributed by atoms with E-state index in [2.05, 4.69) is 4.74 Å². The zero-order valence-corrected chi connectivity index (χ0v) is 13.1. The number of hydrogen-bond donors (Lipinski definition) is 1. The van der Waals surface area contributed by atoms with Gasteiger partial charge in [0.1, 0.15) is 6.61 Å². The lowest BCUT2D eigenvalue weighted by molar-refractivity contribution is -0.191. The molecule has 0 heterocycles. The van der Waals surface area contributed by atoms with Gasteiger partial charge in [-0.25, -0.2) is 0 Å². The Bertz CT molecular complexity index is 816. The molecule has 0 atom stereocenters. The zero-order valence-electron chi connectivity index (χ0n) is 12.3. The molecule has 0 saturated heterocycles. The van der Waals surface area contributed by atoms with E-state index in [4.69, 9.17) is 4.55 Å². The molecule has 0 amide bonds. The SMILES string of the molecule is O=S(=O)(O)C(F)(F)C(F)(F)COCCc1cccc2ccccc12. The molecule has 0 aliphatic carbocycles. The number of hydrogen-bond acceptors (Lipinski definition) is 3. The first-order chi connectivity index (χ1) is 11.1. The lowest BCUT2D eigenvalue weighted by atomic mass is 10.0. The van der Waals surface area contributed by atoms with Crippen LogP contribution in [0.15, 0.2) is 42.5 Å². The summed E-state index contributed by atoms with van der Waals surface area (Å²) >= 11 is 0. The molecule has 0 radical (unpaired) electrons. The normalized spacial score (nSPS) is 13.4. The summed E-state index contributed by atoms with van der Waals surface area (Å²) in [7, 11) is -6.24. The quantitative estimate of drug-likeness (QED) is 0.463. The second-order valence-corrected chi connectivity index (χ2v) is 6.60. The highest BCUT2D eigenvalue weighted by atomic mass is 32.2. The Morgan fingerprint density at radius 3 is 2.29 bits per heavy atom. The van der Waals surface area contributed by atoms with Crippen molar-refractivity contribution in [2.24, 2.45) is 0 Å². The number of fused-ring (bicyclic) bond motifs is 1. The van der Waals surface area contributed by atoms with Gasteiger partial charge in [0, 0.05) is 0 Å². The van der Waals surface area contributed by atoms with Gasteiger partial charge in [-0.3, -0.25) is 4.55 Å². The predicted molar refractivity (Wildman–Crippen MR) is 79.9 cm³/mol. The lowest BCUT2D eigenvalue weighted by Gasteiger charge is -2.23. The monoisotopic (exact) mass is 366 g/mol. The molecule has 2 aromatic rings. The summed E-state index contributed by atoms with van der Waals surface area (Å²) < 4.78 is 86.0. The van der Waals surface area contributed by atoms with Gasteiger partial charge in [0.25, 0.3) is 0 Å². The van der Waals surface area contributed by atoms with Gasteiger partial charge in [-0.15, -0.1) is 0 Å². The first-order valence-electron chi connectivity index (χ1n) is 6.83. The van der Waals surface area contributed by atoms with E-state index in [1.54, 1.807) is 18.2 Å². The Morgan fingerprint density at radius 1 is 1.00 bits per heavy atom. The minimum absolute atomic E-state index is 0.175. The highest BCUT2D eigenvalue weighted by Gasteiger charge is 2.65. The van der Waals surface area contributed by atoms with Crippen LogP contribution in [-0.4, -0.2) is 37.4 Å². The van der Waals surface area contributed by atoms with Crippen LogP contribution in [0, 0.1) is 0 Å². The second-order valence-electron chi connectivity index (χ2n) is 5.14. The van der Waals surface area contributed by atoms with Crippen LogP contribution in [-0.2, 0) is 21.3 Å². The summed E-state index contributed by atoms with van der Waals surface area (Å²) in [5.74, 6) is -5.04. The van der Waals surface area contributed by atoms with E-state index in [0.717, 1.165) is 16.3 Å². The van der Waals surface area contributed by atoms with E-state index < -0.39 is 27.9 Å². The summed E-state index contributed by atoms with van der Waals surface area (Å²) in [6.45, 7) is -2.14. The molecule has 1 N–H and O–H groups in total. The van der Waals surface area contributed by atoms with Crippen molar-refractivity contribution in [3.05, 3.63) is 48.0 Å². The summed E-state index contributed by atoms with van der Waals surface area (Å²) in [5, 5.41) is -3.81. The van der Waals surface area contributed by atoms with Crippen molar-refractivity contribution < 1.29 is 35.3 Å². The average Bonchev–Trinajstić information content (AvgIpc) is 2.50. The molecule has 0 aromatic heterocycles. The Labute approximate surface area is 135 Å². The van der Waals surface area contributed by atoms with Crippen LogP contribution in [0.2, 0.25) is 0 Å². The third kappa shape index (κ3) is 3.68. The largest absolute Gasteiger partial charge is 0.433 e. The van der Waals surface area contributed by atoms with E-state index in [1.165, 1.54) is 0 Å². The van der Waals surface area contributed by atoms with Crippen molar-refractivity contribution in [1.29, 1.82) is 0 Å². The molecule has 0 fully saturated rings. The lowest BCUT2D eigenvalue weighted by Crippen LogP contribution is -2.49. The van der Waals surface area contributed by atoms with Crippen LogP contribution in [0.1, 0.15) is 5.56 Å². The van der Waals surface area contributed by atoms with Crippen molar-refractivity contribution >= 4 is 20.9 Å². The van der Waals surface area contributed by atoms with Crippen molar-refractivity contribution in [3.8, 4) is 0 Å². The maximum Gasteiger partial charge on any atom is 0.433 e. The highest BCUT2D eigenvalue weighted by Crippen LogP contribution is 2.38. The maximum atomic E-state index is 13.3. The number of rotatable bonds is 7. The molecule has 0 saturated carbocycles. The Morgan fingerprint density at radius 2 is 1.62 bits per heavy atom. The standard InChI is InChI=1S/C15H14F4O4S/c16-14(17,15(18,19)24(20,21)22)10-23-9-8-12-6-3-5-11-4-1-2-7-13(11)12/h1-7H,8-10H2,(H,20,21,22). The molecule has 0 unspecified atom stereocenters. The molecule has 2 aromatic carbocycles. The fraction of sp³-hybridized carbons (Fsp3) is 0.333. The Balaban J connectivity index is 2.00. The summed E-state index contributed by atoms with van der Waals surface area (Å²) in [5.41, 5.74) is 0.776. The van der Waals surface area contributed by atoms with Crippen LogP contribution in [0.3, 0.4) is 0 Å². The summed E-state index contributed by atoms with van der Waals surface area (Å²) in [6.07, 6.45) is 0.175. The number of ether oxygens (including phenoxy) is 1. The zero-order chi connectivity index (χ0) is 18.0. The number of benzene rings is 2. The molecule has 0 bridgehead atoms. The van der Waals surface area contributed by atoms with Gasteiger partial charge in [-0.1, -0.05) is 42.5 Å².